The minimum absolute atomic E-state index is 0.0728. The number of hydrogen-bond acceptors (Lipinski definition) is 4. The number of carboxylic acids is 1. The van der Waals surface area contributed by atoms with Crippen LogP contribution in [0.4, 0.5) is 5.69 Å². The summed E-state index contributed by atoms with van der Waals surface area (Å²) in [4.78, 5) is 22.8. The van der Waals surface area contributed by atoms with Gasteiger partial charge in [0.05, 0.1) is 13.0 Å². The largest absolute Gasteiger partial charge is 0.481 e. The van der Waals surface area contributed by atoms with Crippen LogP contribution in [-0.4, -0.2) is 35.7 Å². The van der Waals surface area contributed by atoms with E-state index in [9.17, 15) is 9.59 Å². The first-order valence-electron chi connectivity index (χ1n) is 6.90. The maximum absolute atomic E-state index is 12.1. The van der Waals surface area contributed by atoms with Gasteiger partial charge in [0.2, 0.25) is 5.91 Å². The van der Waals surface area contributed by atoms with Gasteiger partial charge in [0.1, 0.15) is 5.54 Å². The molecule has 1 aromatic carbocycles. The lowest BCUT2D eigenvalue weighted by Gasteiger charge is -2.20. The molecule has 6 heteroatoms. The molecule has 21 heavy (non-hydrogen) atoms. The molecule has 1 aliphatic heterocycles. The SMILES string of the molecule is CC(CC(=O)O)c1ccc(NC(=O)C2(N)CCOC2)cc1. The quantitative estimate of drug-likeness (QED) is 0.759. The standard InChI is InChI=1S/C15H20N2O4/c1-10(8-13(18)19)11-2-4-12(5-3-11)17-14(20)15(16)6-7-21-9-15/h2-5,10H,6-9,16H2,1H3,(H,17,20)(H,18,19). The van der Waals surface area contributed by atoms with Crippen LogP contribution >= 0.6 is 0 Å². The number of ether oxygens (including phenoxy) is 1. The minimum Gasteiger partial charge on any atom is -0.481 e. The zero-order valence-electron chi connectivity index (χ0n) is 12.0. The van der Waals surface area contributed by atoms with Gasteiger partial charge < -0.3 is 20.9 Å². The highest BCUT2D eigenvalue weighted by Crippen LogP contribution is 2.22. The van der Waals surface area contributed by atoms with E-state index in [0.717, 1.165) is 5.56 Å². The van der Waals surface area contributed by atoms with E-state index in [2.05, 4.69) is 5.32 Å². The second-order valence-corrected chi connectivity index (χ2v) is 5.53. The average molecular weight is 292 g/mol. The summed E-state index contributed by atoms with van der Waals surface area (Å²) in [6.07, 6.45) is 0.585. The first kappa shape index (κ1) is 15.5. The number of nitrogens with one attached hydrogen (secondary N) is 1. The molecule has 1 fully saturated rings. The number of anilines is 1. The zero-order chi connectivity index (χ0) is 15.5. The number of benzene rings is 1. The summed E-state index contributed by atoms with van der Waals surface area (Å²) in [5, 5.41) is 11.6. The van der Waals surface area contributed by atoms with Crippen LogP contribution in [0.25, 0.3) is 0 Å². The fraction of sp³-hybridized carbons (Fsp3) is 0.467. The van der Waals surface area contributed by atoms with Crippen molar-refractivity contribution in [1.29, 1.82) is 0 Å². The number of nitrogens with two attached hydrogens (primary N) is 1. The third-order valence-electron chi connectivity index (χ3n) is 3.72. The molecule has 1 aromatic rings. The molecular formula is C15H20N2O4. The Morgan fingerprint density at radius 1 is 1.43 bits per heavy atom. The first-order chi connectivity index (χ1) is 9.90. The molecule has 2 rings (SSSR count). The second kappa shape index (κ2) is 6.24. The lowest BCUT2D eigenvalue weighted by atomic mass is 9.97. The Morgan fingerprint density at radius 2 is 2.10 bits per heavy atom. The van der Waals surface area contributed by atoms with Gasteiger partial charge in [-0.2, -0.15) is 0 Å². The van der Waals surface area contributed by atoms with Gasteiger partial charge in [0.25, 0.3) is 0 Å². The van der Waals surface area contributed by atoms with Crippen LogP contribution in [0.5, 0.6) is 0 Å². The Labute approximate surface area is 123 Å². The van der Waals surface area contributed by atoms with Crippen molar-refractivity contribution in [2.75, 3.05) is 18.5 Å². The molecule has 1 saturated heterocycles. The molecule has 2 unspecified atom stereocenters. The van der Waals surface area contributed by atoms with E-state index in [0.29, 0.717) is 18.7 Å². The molecule has 114 valence electrons. The number of carboxylic acid groups (broad SMARTS) is 1. The summed E-state index contributed by atoms with van der Waals surface area (Å²) >= 11 is 0. The Bertz CT molecular complexity index is 521. The highest BCUT2D eigenvalue weighted by atomic mass is 16.5. The first-order valence-corrected chi connectivity index (χ1v) is 6.90. The van der Waals surface area contributed by atoms with Gasteiger partial charge in [-0.25, -0.2) is 0 Å². The van der Waals surface area contributed by atoms with E-state index in [1.54, 1.807) is 12.1 Å². The molecule has 0 radical (unpaired) electrons. The van der Waals surface area contributed by atoms with Crippen LogP contribution in [0, 0.1) is 0 Å². The van der Waals surface area contributed by atoms with Crippen molar-refractivity contribution >= 4 is 17.6 Å². The van der Waals surface area contributed by atoms with Crippen molar-refractivity contribution in [3.63, 3.8) is 0 Å². The van der Waals surface area contributed by atoms with E-state index in [1.165, 1.54) is 0 Å². The Morgan fingerprint density at radius 3 is 2.62 bits per heavy atom. The zero-order valence-corrected chi connectivity index (χ0v) is 12.0. The number of hydrogen-bond donors (Lipinski definition) is 3. The van der Waals surface area contributed by atoms with E-state index in [4.69, 9.17) is 15.6 Å². The normalized spacial score (nSPS) is 22.8. The molecule has 1 heterocycles. The van der Waals surface area contributed by atoms with Gasteiger partial charge in [-0.05, 0) is 30.0 Å². The minimum atomic E-state index is -0.963. The van der Waals surface area contributed by atoms with E-state index in [-0.39, 0.29) is 24.9 Å². The predicted molar refractivity (Wildman–Crippen MR) is 78.1 cm³/mol. The van der Waals surface area contributed by atoms with Crippen LogP contribution in [0.1, 0.15) is 31.2 Å². The molecule has 0 saturated carbocycles. The highest BCUT2D eigenvalue weighted by molar-refractivity contribution is 5.98. The highest BCUT2D eigenvalue weighted by Gasteiger charge is 2.38. The van der Waals surface area contributed by atoms with Crippen molar-refractivity contribution in [3.05, 3.63) is 29.8 Å². The van der Waals surface area contributed by atoms with Gasteiger partial charge >= 0.3 is 5.97 Å². The number of rotatable bonds is 5. The second-order valence-electron chi connectivity index (χ2n) is 5.53. The smallest absolute Gasteiger partial charge is 0.303 e. The summed E-state index contributed by atoms with van der Waals surface area (Å²) in [5.41, 5.74) is 6.58. The maximum Gasteiger partial charge on any atom is 0.303 e. The molecular weight excluding hydrogens is 272 g/mol. The molecule has 1 amide bonds. The molecule has 2 atom stereocenters. The monoisotopic (exact) mass is 292 g/mol. The summed E-state index contributed by atoms with van der Waals surface area (Å²) in [5.74, 6) is -1.16. The number of amides is 1. The summed E-state index contributed by atoms with van der Waals surface area (Å²) in [6, 6.07) is 7.14. The number of aliphatic carboxylic acids is 1. The lowest BCUT2D eigenvalue weighted by Crippen LogP contribution is -2.51. The van der Waals surface area contributed by atoms with Gasteiger partial charge in [-0.15, -0.1) is 0 Å². The van der Waals surface area contributed by atoms with Gasteiger partial charge in [0.15, 0.2) is 0 Å². The molecule has 0 aromatic heterocycles. The fourth-order valence-corrected chi connectivity index (χ4v) is 2.29. The van der Waals surface area contributed by atoms with E-state index >= 15 is 0 Å². The van der Waals surface area contributed by atoms with Crippen molar-refractivity contribution in [1.82, 2.24) is 0 Å². The Balaban J connectivity index is 1.99. The van der Waals surface area contributed by atoms with Gasteiger partial charge in [0, 0.05) is 12.3 Å². The molecule has 6 nitrogen and oxygen atoms in total. The molecule has 1 aliphatic rings. The van der Waals surface area contributed by atoms with Crippen molar-refractivity contribution < 1.29 is 19.4 Å². The van der Waals surface area contributed by atoms with E-state index < -0.39 is 11.5 Å². The fourth-order valence-electron chi connectivity index (χ4n) is 2.29. The maximum atomic E-state index is 12.1. The van der Waals surface area contributed by atoms with Crippen LogP contribution in [0.2, 0.25) is 0 Å². The predicted octanol–water partition coefficient (Wildman–Crippen LogP) is 1.32. The van der Waals surface area contributed by atoms with Crippen molar-refractivity contribution in [2.45, 2.75) is 31.2 Å². The summed E-state index contributed by atoms with van der Waals surface area (Å²) in [7, 11) is 0. The molecule has 4 N–H and O–H groups in total. The van der Waals surface area contributed by atoms with Crippen LogP contribution in [0.3, 0.4) is 0 Å². The topological polar surface area (TPSA) is 102 Å². The molecule has 0 aliphatic carbocycles. The summed E-state index contributed by atoms with van der Waals surface area (Å²) < 4.78 is 5.17. The Hall–Kier alpha value is -1.92. The third kappa shape index (κ3) is 3.80. The van der Waals surface area contributed by atoms with Crippen LogP contribution in [0.15, 0.2) is 24.3 Å². The van der Waals surface area contributed by atoms with Crippen LogP contribution in [-0.2, 0) is 14.3 Å². The number of carbonyl (C=O) groups is 2. The Kier molecular flexibility index (Phi) is 4.59. The molecule has 0 bridgehead atoms. The summed E-state index contributed by atoms with van der Waals surface area (Å²) in [6.45, 7) is 2.58. The lowest BCUT2D eigenvalue weighted by molar-refractivity contribution is -0.137. The number of carbonyl (C=O) groups excluding carboxylic acids is 1. The van der Waals surface area contributed by atoms with Crippen molar-refractivity contribution in [3.8, 4) is 0 Å². The molecule has 0 spiro atoms. The van der Waals surface area contributed by atoms with Gasteiger partial charge in [-0.3, -0.25) is 9.59 Å². The van der Waals surface area contributed by atoms with Crippen LogP contribution < -0.4 is 11.1 Å². The van der Waals surface area contributed by atoms with E-state index in [1.807, 2.05) is 19.1 Å². The van der Waals surface area contributed by atoms with Crippen molar-refractivity contribution in [2.24, 2.45) is 5.73 Å². The van der Waals surface area contributed by atoms with Gasteiger partial charge in [-0.1, -0.05) is 19.1 Å². The third-order valence-corrected chi connectivity index (χ3v) is 3.72. The average Bonchev–Trinajstić information content (AvgIpc) is 2.87.